The minimum atomic E-state index is -0.531. The second kappa shape index (κ2) is 8.35. The molecule has 27 heavy (non-hydrogen) atoms. The third-order valence-electron chi connectivity index (χ3n) is 5.50. The maximum atomic E-state index is 13.2. The van der Waals surface area contributed by atoms with E-state index in [1.807, 2.05) is 6.92 Å². The molecule has 1 aromatic heterocycles. The minimum absolute atomic E-state index is 0.0490. The Bertz CT molecular complexity index is 677. The summed E-state index contributed by atoms with van der Waals surface area (Å²) in [6.07, 6.45) is 6.95. The van der Waals surface area contributed by atoms with Crippen LogP contribution in [0.2, 0.25) is 0 Å². The highest BCUT2D eigenvalue weighted by Gasteiger charge is 2.55. The molecule has 1 aromatic rings. The number of amides is 3. The lowest BCUT2D eigenvalue weighted by Gasteiger charge is -2.29. The Morgan fingerprint density at radius 3 is 2.93 bits per heavy atom. The summed E-state index contributed by atoms with van der Waals surface area (Å²) in [5, 5.41) is 15.2. The predicted octanol–water partition coefficient (Wildman–Crippen LogP) is 2.12. The number of nitrogens with one attached hydrogen (secondary N) is 1. The molecule has 2 aliphatic rings. The fourth-order valence-electron chi connectivity index (χ4n) is 3.78. The van der Waals surface area contributed by atoms with Gasteiger partial charge in [0.1, 0.15) is 6.04 Å². The average Bonchev–Trinajstić information content (AvgIpc) is 3.05. The number of hydrogen-bond donors (Lipinski definition) is 2. The van der Waals surface area contributed by atoms with Crippen molar-refractivity contribution in [3.8, 4) is 0 Å². The number of likely N-dealkylation sites (tertiary alicyclic amines) is 1. The van der Waals surface area contributed by atoms with Crippen molar-refractivity contribution in [2.45, 2.75) is 51.5 Å². The lowest BCUT2D eigenvalue weighted by Crippen LogP contribution is -2.47. The molecule has 0 bridgehead atoms. The molecule has 8 nitrogen and oxygen atoms in total. The van der Waals surface area contributed by atoms with Gasteiger partial charge in [-0.1, -0.05) is 19.8 Å². The van der Waals surface area contributed by atoms with Crippen LogP contribution in [-0.2, 0) is 14.4 Å². The van der Waals surface area contributed by atoms with Crippen LogP contribution in [0.25, 0.3) is 0 Å². The molecule has 2 heterocycles. The van der Waals surface area contributed by atoms with E-state index < -0.39 is 12.0 Å². The summed E-state index contributed by atoms with van der Waals surface area (Å²) >= 11 is 1.34. The van der Waals surface area contributed by atoms with Gasteiger partial charge in [0.2, 0.25) is 18.2 Å². The van der Waals surface area contributed by atoms with Gasteiger partial charge in [-0.05, 0) is 31.1 Å². The van der Waals surface area contributed by atoms with E-state index in [9.17, 15) is 19.6 Å². The standard InChI is InChI=1S/C18H26N4O4S/c1-2-3-4-13(10-21(26)12-23)16(25)22-11-18(5-6-18)9-14(22)15(24)20-17-19-7-8-27-17/h7-8,12-14,26H,2-6,9-11H2,1H3,(H,19,20,24)/t13-,14+/m1/s1. The van der Waals surface area contributed by atoms with Gasteiger partial charge in [0.25, 0.3) is 0 Å². The van der Waals surface area contributed by atoms with Crippen LogP contribution in [0.4, 0.5) is 5.13 Å². The van der Waals surface area contributed by atoms with E-state index in [0.29, 0.717) is 36.0 Å². The van der Waals surface area contributed by atoms with E-state index in [0.717, 1.165) is 25.7 Å². The number of rotatable bonds is 9. The number of unbranched alkanes of at least 4 members (excludes halogenated alkanes) is 1. The summed E-state index contributed by atoms with van der Waals surface area (Å²) in [5.41, 5.74) is 0.0550. The van der Waals surface area contributed by atoms with Gasteiger partial charge >= 0.3 is 0 Å². The Labute approximate surface area is 162 Å². The maximum absolute atomic E-state index is 13.2. The Balaban J connectivity index is 1.74. The summed E-state index contributed by atoms with van der Waals surface area (Å²) in [6.45, 7) is 2.54. The minimum Gasteiger partial charge on any atom is -0.330 e. The Hall–Kier alpha value is -2.00. The number of hydroxylamine groups is 2. The van der Waals surface area contributed by atoms with Crippen LogP contribution in [0.15, 0.2) is 11.6 Å². The Morgan fingerprint density at radius 1 is 1.56 bits per heavy atom. The molecule has 148 valence electrons. The molecule has 0 aromatic carbocycles. The zero-order valence-electron chi connectivity index (χ0n) is 15.5. The smallest absolute Gasteiger partial charge is 0.248 e. The molecule has 3 rings (SSSR count). The molecule has 1 aliphatic carbocycles. The average molecular weight is 394 g/mol. The molecule has 1 aliphatic heterocycles. The van der Waals surface area contributed by atoms with Crippen molar-refractivity contribution < 1.29 is 19.6 Å². The molecule has 2 N–H and O–H groups in total. The zero-order valence-corrected chi connectivity index (χ0v) is 16.3. The van der Waals surface area contributed by atoms with E-state index in [-0.39, 0.29) is 23.8 Å². The second-order valence-corrected chi connectivity index (χ2v) is 8.47. The maximum Gasteiger partial charge on any atom is 0.248 e. The number of aromatic nitrogens is 1. The number of thiazole rings is 1. The molecule has 1 saturated carbocycles. The van der Waals surface area contributed by atoms with Crippen LogP contribution in [0, 0.1) is 11.3 Å². The van der Waals surface area contributed by atoms with Gasteiger partial charge in [-0.3, -0.25) is 19.6 Å². The summed E-state index contributed by atoms with van der Waals surface area (Å²) in [4.78, 5) is 42.6. The van der Waals surface area contributed by atoms with E-state index in [2.05, 4.69) is 10.3 Å². The highest BCUT2D eigenvalue weighted by molar-refractivity contribution is 7.13. The van der Waals surface area contributed by atoms with Crippen molar-refractivity contribution in [2.24, 2.45) is 11.3 Å². The van der Waals surface area contributed by atoms with Crippen LogP contribution < -0.4 is 5.32 Å². The van der Waals surface area contributed by atoms with E-state index >= 15 is 0 Å². The fraction of sp³-hybridized carbons (Fsp3) is 0.667. The van der Waals surface area contributed by atoms with Crippen LogP contribution in [0.1, 0.15) is 45.4 Å². The van der Waals surface area contributed by atoms with Crippen molar-refractivity contribution in [2.75, 3.05) is 18.4 Å². The third-order valence-corrected chi connectivity index (χ3v) is 6.19. The molecule has 9 heteroatoms. The Kier molecular flexibility index (Phi) is 6.11. The number of carbonyl (C=O) groups excluding carboxylic acids is 3. The molecule has 2 fully saturated rings. The van der Waals surface area contributed by atoms with Gasteiger partial charge < -0.3 is 10.2 Å². The molecule has 1 spiro atoms. The molecular formula is C18H26N4O4S. The van der Waals surface area contributed by atoms with E-state index in [1.54, 1.807) is 16.5 Å². The number of hydrogen-bond acceptors (Lipinski definition) is 6. The monoisotopic (exact) mass is 394 g/mol. The van der Waals surface area contributed by atoms with Crippen molar-refractivity contribution in [3.63, 3.8) is 0 Å². The van der Waals surface area contributed by atoms with Crippen LogP contribution in [0.5, 0.6) is 0 Å². The van der Waals surface area contributed by atoms with Gasteiger partial charge in [-0.15, -0.1) is 11.3 Å². The first-order valence-electron chi connectivity index (χ1n) is 9.39. The summed E-state index contributed by atoms with van der Waals surface area (Å²) in [5.74, 6) is -0.885. The van der Waals surface area contributed by atoms with Gasteiger partial charge in [-0.25, -0.2) is 10.0 Å². The third kappa shape index (κ3) is 4.65. The lowest BCUT2D eigenvalue weighted by molar-refractivity contribution is -0.157. The summed E-state index contributed by atoms with van der Waals surface area (Å²) in [7, 11) is 0. The molecule has 0 radical (unpaired) electrons. The van der Waals surface area contributed by atoms with Gasteiger partial charge in [-0.2, -0.15) is 0 Å². The Morgan fingerprint density at radius 2 is 2.33 bits per heavy atom. The van der Waals surface area contributed by atoms with Crippen LogP contribution in [-0.4, -0.2) is 57.5 Å². The number of carbonyl (C=O) groups is 3. The molecular weight excluding hydrogens is 368 g/mol. The number of nitrogens with zero attached hydrogens (tertiary/aromatic N) is 3. The van der Waals surface area contributed by atoms with Crippen molar-refractivity contribution in [1.29, 1.82) is 0 Å². The van der Waals surface area contributed by atoms with Crippen molar-refractivity contribution >= 4 is 34.7 Å². The normalized spacial score (nSPS) is 21.1. The van der Waals surface area contributed by atoms with Crippen molar-refractivity contribution in [1.82, 2.24) is 14.9 Å². The zero-order chi connectivity index (χ0) is 19.4. The molecule has 1 saturated heterocycles. The summed E-state index contributed by atoms with van der Waals surface area (Å²) in [6, 6.07) is -0.531. The fourth-order valence-corrected chi connectivity index (χ4v) is 4.31. The highest BCUT2D eigenvalue weighted by Crippen LogP contribution is 2.55. The predicted molar refractivity (Wildman–Crippen MR) is 100 cm³/mol. The molecule has 0 unspecified atom stereocenters. The summed E-state index contributed by atoms with van der Waals surface area (Å²) < 4.78 is 0. The van der Waals surface area contributed by atoms with Crippen LogP contribution >= 0.6 is 11.3 Å². The first kappa shape index (κ1) is 19.8. The topological polar surface area (TPSA) is 103 Å². The lowest BCUT2D eigenvalue weighted by atomic mass is 9.99. The van der Waals surface area contributed by atoms with Gasteiger partial charge in [0.15, 0.2) is 5.13 Å². The number of anilines is 1. The van der Waals surface area contributed by atoms with Gasteiger partial charge in [0.05, 0.1) is 12.5 Å². The SMILES string of the molecule is CCCC[C@H](CN(O)C=O)C(=O)N1CC2(CC2)C[C@H]1C(=O)Nc1nccs1. The second-order valence-electron chi connectivity index (χ2n) is 7.58. The highest BCUT2D eigenvalue weighted by atomic mass is 32.1. The first-order chi connectivity index (χ1) is 13.0. The quantitative estimate of drug-likeness (QED) is 0.379. The van der Waals surface area contributed by atoms with E-state index in [4.69, 9.17) is 0 Å². The first-order valence-corrected chi connectivity index (χ1v) is 10.3. The van der Waals surface area contributed by atoms with Crippen LogP contribution in [0.3, 0.4) is 0 Å². The van der Waals surface area contributed by atoms with E-state index in [1.165, 1.54) is 11.3 Å². The van der Waals surface area contributed by atoms with Crippen molar-refractivity contribution in [3.05, 3.63) is 11.6 Å². The molecule has 3 amide bonds. The largest absolute Gasteiger partial charge is 0.330 e. The van der Waals surface area contributed by atoms with Gasteiger partial charge in [0, 0.05) is 18.1 Å². The molecule has 2 atom stereocenters.